The van der Waals surface area contributed by atoms with Gasteiger partial charge in [-0.25, -0.2) is 14.4 Å². The Balaban J connectivity index is 1.18. The van der Waals surface area contributed by atoms with Crippen LogP contribution in [0.15, 0.2) is 103 Å². The van der Waals surface area contributed by atoms with Gasteiger partial charge in [0.2, 0.25) is 17.7 Å². The van der Waals surface area contributed by atoms with E-state index in [0.29, 0.717) is 17.7 Å². The first kappa shape index (κ1) is 46.2. The van der Waals surface area contributed by atoms with Crippen molar-refractivity contribution in [3.05, 3.63) is 125 Å². The Labute approximate surface area is 362 Å². The second-order valence-electron chi connectivity index (χ2n) is 16.5. The van der Waals surface area contributed by atoms with E-state index in [1.807, 2.05) is 78.9 Å². The van der Waals surface area contributed by atoms with Gasteiger partial charge in [0.15, 0.2) is 0 Å². The number of fused-ring (bicyclic) bond motifs is 3. The zero-order chi connectivity index (χ0) is 44.8. The molecule has 5 rings (SSSR count). The first-order valence-electron chi connectivity index (χ1n) is 20.7. The van der Waals surface area contributed by atoms with Crippen LogP contribution in [0.2, 0.25) is 0 Å². The highest BCUT2D eigenvalue weighted by atomic mass is 16.6. The van der Waals surface area contributed by atoms with Crippen LogP contribution in [-0.4, -0.2) is 72.8 Å². The van der Waals surface area contributed by atoms with Crippen molar-refractivity contribution in [3.8, 4) is 11.1 Å². The molecule has 15 nitrogen and oxygen atoms in total. The summed E-state index contributed by atoms with van der Waals surface area (Å²) in [6.45, 7) is 9.12. The lowest BCUT2D eigenvalue weighted by Gasteiger charge is -2.25. The minimum atomic E-state index is -1.05. The quantitative estimate of drug-likeness (QED) is 0.0599. The lowest BCUT2D eigenvalue weighted by atomic mass is 9.98. The van der Waals surface area contributed by atoms with E-state index >= 15 is 0 Å². The van der Waals surface area contributed by atoms with E-state index in [-0.39, 0.29) is 44.4 Å². The van der Waals surface area contributed by atoms with Crippen LogP contribution in [0.4, 0.5) is 20.1 Å². The van der Waals surface area contributed by atoms with Crippen LogP contribution < -0.4 is 37.6 Å². The van der Waals surface area contributed by atoms with Gasteiger partial charge in [0, 0.05) is 31.1 Å². The highest BCUT2D eigenvalue weighted by molar-refractivity contribution is 5.98. The average molecular weight is 848 g/mol. The summed E-state index contributed by atoms with van der Waals surface area (Å²) in [7, 11) is 0. The summed E-state index contributed by atoms with van der Waals surface area (Å²) in [5.74, 6) is -2.06. The fourth-order valence-electron chi connectivity index (χ4n) is 7.11. The van der Waals surface area contributed by atoms with Crippen molar-refractivity contribution in [3.63, 3.8) is 0 Å². The number of carbonyl (C=O) groups excluding carboxylic acids is 6. The number of urea groups is 1. The van der Waals surface area contributed by atoms with Crippen LogP contribution in [0.3, 0.4) is 0 Å². The van der Waals surface area contributed by atoms with Crippen LogP contribution in [0.5, 0.6) is 0 Å². The van der Waals surface area contributed by atoms with Gasteiger partial charge in [0.1, 0.15) is 30.3 Å². The molecule has 1 aliphatic carbocycles. The standard InChI is InChI=1S/C47H57N7O8/c1-29(2)40(54-45(59)61-28-37-35-18-11-9-16-33(35)34-17-10-12-19-36(34)37)43(57)52-38(20-13-25-49-44(48)58)42(56)51-32-23-21-31(22-24-32)27-50-41(55)39(26-30-14-7-6-8-15-30)53-46(60)62-47(3,4)5/h6-12,14-19,21-24,29,37-40H,13,20,25-28H2,1-5H3,(H,50,55)(H,51,56)(H,52,57)(H,53,60)(H,54,59)(H3,48,49,58)/t38-,39-,40-/m0/s1. The molecule has 3 atom stereocenters. The van der Waals surface area contributed by atoms with Crippen molar-refractivity contribution < 1.29 is 38.2 Å². The Hall–Kier alpha value is -6.90. The van der Waals surface area contributed by atoms with Gasteiger partial charge in [0.25, 0.3) is 0 Å². The Kier molecular flexibility index (Phi) is 16.1. The Morgan fingerprint density at radius 3 is 1.87 bits per heavy atom. The highest BCUT2D eigenvalue weighted by Crippen LogP contribution is 2.44. The number of hydrogen-bond acceptors (Lipinski definition) is 8. The molecule has 0 heterocycles. The van der Waals surface area contributed by atoms with Crippen LogP contribution in [0, 0.1) is 5.92 Å². The van der Waals surface area contributed by atoms with Gasteiger partial charge < -0.3 is 47.1 Å². The summed E-state index contributed by atoms with van der Waals surface area (Å²) in [6, 6.07) is 28.3. The summed E-state index contributed by atoms with van der Waals surface area (Å²) in [5.41, 5.74) is 10.8. The molecule has 62 heavy (non-hydrogen) atoms. The molecule has 0 spiro atoms. The maximum Gasteiger partial charge on any atom is 0.408 e. The Morgan fingerprint density at radius 1 is 0.661 bits per heavy atom. The zero-order valence-corrected chi connectivity index (χ0v) is 35.8. The van der Waals surface area contributed by atoms with E-state index in [1.54, 1.807) is 58.9 Å². The number of rotatable bonds is 18. The van der Waals surface area contributed by atoms with Gasteiger partial charge in [-0.1, -0.05) is 105 Å². The van der Waals surface area contributed by atoms with Crippen molar-refractivity contribution in [1.29, 1.82) is 0 Å². The predicted octanol–water partition coefficient (Wildman–Crippen LogP) is 5.87. The topological polar surface area (TPSA) is 219 Å². The van der Waals surface area contributed by atoms with Crippen LogP contribution >= 0.6 is 0 Å². The summed E-state index contributed by atoms with van der Waals surface area (Å²) in [4.78, 5) is 77.8. The maximum atomic E-state index is 13.7. The van der Waals surface area contributed by atoms with E-state index in [9.17, 15) is 28.8 Å². The molecule has 0 saturated heterocycles. The molecular formula is C47H57N7O8. The molecule has 4 aromatic carbocycles. The van der Waals surface area contributed by atoms with Crippen molar-refractivity contribution in [2.75, 3.05) is 18.5 Å². The molecule has 0 aliphatic heterocycles. The number of ether oxygens (including phenoxy) is 2. The molecule has 0 aromatic heterocycles. The molecular weight excluding hydrogens is 791 g/mol. The minimum Gasteiger partial charge on any atom is -0.449 e. The SMILES string of the molecule is CC(C)[C@H](NC(=O)OCC1c2ccccc2-c2ccccc21)C(=O)N[C@@H](CCCNC(N)=O)C(=O)Nc1ccc(CNC(=O)[C@H](Cc2ccccc2)NC(=O)OC(C)(C)C)cc1. The molecule has 0 unspecified atom stereocenters. The number of amides is 7. The highest BCUT2D eigenvalue weighted by Gasteiger charge is 2.32. The van der Waals surface area contributed by atoms with Crippen LogP contribution in [0.1, 0.15) is 75.6 Å². The number of alkyl carbamates (subject to hydrolysis) is 2. The van der Waals surface area contributed by atoms with Crippen LogP contribution in [0.25, 0.3) is 11.1 Å². The van der Waals surface area contributed by atoms with Crippen molar-refractivity contribution >= 4 is 41.6 Å². The van der Waals surface area contributed by atoms with Gasteiger partial charge in [-0.2, -0.15) is 0 Å². The fourth-order valence-corrected chi connectivity index (χ4v) is 7.11. The van der Waals surface area contributed by atoms with E-state index in [4.69, 9.17) is 15.2 Å². The molecule has 328 valence electrons. The lowest BCUT2D eigenvalue weighted by Crippen LogP contribution is -2.54. The second kappa shape index (κ2) is 21.6. The largest absolute Gasteiger partial charge is 0.449 e. The summed E-state index contributed by atoms with van der Waals surface area (Å²) < 4.78 is 11.1. The summed E-state index contributed by atoms with van der Waals surface area (Å²) >= 11 is 0. The molecule has 0 radical (unpaired) electrons. The number of carbonyl (C=O) groups is 6. The first-order chi connectivity index (χ1) is 29.6. The van der Waals surface area contributed by atoms with Gasteiger partial charge in [-0.05, 0) is 85.0 Å². The van der Waals surface area contributed by atoms with Gasteiger partial charge in [-0.3, -0.25) is 14.4 Å². The minimum absolute atomic E-state index is 0.0649. The predicted molar refractivity (Wildman–Crippen MR) is 236 cm³/mol. The molecule has 1 aliphatic rings. The number of benzene rings is 4. The molecule has 0 bridgehead atoms. The third-order valence-electron chi connectivity index (χ3n) is 10.1. The summed E-state index contributed by atoms with van der Waals surface area (Å²) in [6.07, 6.45) is -0.788. The van der Waals surface area contributed by atoms with E-state index < -0.39 is 59.7 Å². The number of anilines is 1. The normalized spacial score (nSPS) is 13.3. The molecule has 8 N–H and O–H groups in total. The molecule has 4 aromatic rings. The first-order valence-corrected chi connectivity index (χ1v) is 20.7. The van der Waals surface area contributed by atoms with Gasteiger partial charge in [-0.15, -0.1) is 0 Å². The average Bonchev–Trinajstić information content (AvgIpc) is 3.55. The monoisotopic (exact) mass is 847 g/mol. The van der Waals surface area contributed by atoms with Crippen molar-refractivity contribution in [2.24, 2.45) is 11.7 Å². The molecule has 0 saturated carbocycles. The third kappa shape index (κ3) is 13.6. The number of nitrogens with one attached hydrogen (secondary N) is 6. The number of nitrogens with two attached hydrogens (primary N) is 1. The fraction of sp³-hybridized carbons (Fsp3) is 0.362. The number of primary amides is 1. The van der Waals surface area contributed by atoms with Gasteiger partial charge >= 0.3 is 18.2 Å². The molecule has 7 amide bonds. The maximum absolute atomic E-state index is 13.7. The molecule has 0 fully saturated rings. The second-order valence-corrected chi connectivity index (χ2v) is 16.5. The van der Waals surface area contributed by atoms with E-state index in [1.165, 1.54) is 0 Å². The smallest absolute Gasteiger partial charge is 0.408 e. The van der Waals surface area contributed by atoms with E-state index in [2.05, 4.69) is 31.9 Å². The number of hydrogen-bond donors (Lipinski definition) is 7. The third-order valence-corrected chi connectivity index (χ3v) is 10.1. The van der Waals surface area contributed by atoms with Crippen molar-refractivity contribution in [2.45, 2.75) is 90.1 Å². The zero-order valence-electron chi connectivity index (χ0n) is 35.8. The van der Waals surface area contributed by atoms with E-state index in [0.717, 1.165) is 27.8 Å². The Bertz CT molecular complexity index is 2140. The Morgan fingerprint density at radius 2 is 1.27 bits per heavy atom. The lowest BCUT2D eigenvalue weighted by molar-refractivity contribution is -0.128. The summed E-state index contributed by atoms with van der Waals surface area (Å²) in [5, 5.41) is 16.3. The molecule has 15 heteroatoms. The van der Waals surface area contributed by atoms with Crippen molar-refractivity contribution in [1.82, 2.24) is 26.6 Å². The van der Waals surface area contributed by atoms with Crippen LogP contribution in [-0.2, 0) is 36.8 Å². The van der Waals surface area contributed by atoms with Gasteiger partial charge in [0.05, 0.1) is 0 Å².